The Hall–Kier alpha value is -1.02. The first kappa shape index (κ1) is 17.0. The highest BCUT2D eigenvalue weighted by Gasteiger charge is 2.08. The third-order valence-electron chi connectivity index (χ3n) is 3.61. The molecule has 1 aromatic rings. The topological polar surface area (TPSA) is 21.3 Å². The number of ether oxygens (including phenoxy) is 1. The van der Waals surface area contributed by atoms with Gasteiger partial charge in [0.15, 0.2) is 0 Å². The fourth-order valence-electron chi connectivity index (χ4n) is 2.30. The normalized spacial score (nSPS) is 12.8. The molecular formula is C18H31NO. The predicted octanol–water partition coefficient (Wildman–Crippen LogP) is 4.40. The Morgan fingerprint density at radius 2 is 1.80 bits per heavy atom. The number of aryl methyl sites for hydroxylation is 2. The van der Waals surface area contributed by atoms with Gasteiger partial charge >= 0.3 is 0 Å². The molecule has 0 heterocycles. The van der Waals surface area contributed by atoms with Crippen molar-refractivity contribution in [2.45, 2.75) is 60.5 Å². The van der Waals surface area contributed by atoms with E-state index in [-0.39, 0.29) is 6.10 Å². The van der Waals surface area contributed by atoms with Crippen LogP contribution in [0, 0.1) is 26.7 Å². The number of hydrogen-bond donors (Lipinski definition) is 1. The zero-order valence-corrected chi connectivity index (χ0v) is 14.0. The van der Waals surface area contributed by atoms with Crippen molar-refractivity contribution in [1.82, 2.24) is 5.32 Å². The van der Waals surface area contributed by atoms with Crippen LogP contribution >= 0.6 is 0 Å². The minimum absolute atomic E-state index is 0.274. The first-order valence-electron chi connectivity index (χ1n) is 7.85. The molecule has 20 heavy (non-hydrogen) atoms. The Morgan fingerprint density at radius 1 is 1.10 bits per heavy atom. The van der Waals surface area contributed by atoms with Gasteiger partial charge in [0.05, 0.1) is 6.10 Å². The maximum atomic E-state index is 6.11. The van der Waals surface area contributed by atoms with Gasteiger partial charge in [-0.1, -0.05) is 19.9 Å². The molecule has 0 aliphatic rings. The number of hydrogen-bond acceptors (Lipinski definition) is 2. The molecule has 0 spiro atoms. The van der Waals surface area contributed by atoms with Crippen molar-refractivity contribution in [1.29, 1.82) is 0 Å². The summed E-state index contributed by atoms with van der Waals surface area (Å²) in [6.45, 7) is 15.2. The van der Waals surface area contributed by atoms with Crippen molar-refractivity contribution in [3.05, 3.63) is 28.8 Å². The van der Waals surface area contributed by atoms with Crippen molar-refractivity contribution >= 4 is 0 Å². The van der Waals surface area contributed by atoms with Crippen LogP contribution in [0.3, 0.4) is 0 Å². The van der Waals surface area contributed by atoms with Crippen LogP contribution in [-0.2, 0) is 0 Å². The van der Waals surface area contributed by atoms with Crippen molar-refractivity contribution < 1.29 is 4.74 Å². The van der Waals surface area contributed by atoms with Gasteiger partial charge in [0.1, 0.15) is 5.75 Å². The molecule has 0 amide bonds. The van der Waals surface area contributed by atoms with E-state index in [0.717, 1.165) is 37.6 Å². The zero-order chi connectivity index (χ0) is 15.1. The van der Waals surface area contributed by atoms with E-state index in [9.17, 15) is 0 Å². The van der Waals surface area contributed by atoms with E-state index in [1.165, 1.54) is 16.7 Å². The minimum atomic E-state index is 0.274. The average Bonchev–Trinajstić information content (AvgIpc) is 2.34. The van der Waals surface area contributed by atoms with Crippen molar-refractivity contribution in [3.8, 4) is 5.75 Å². The molecule has 114 valence electrons. The second-order valence-electron chi connectivity index (χ2n) is 6.37. The second-order valence-corrected chi connectivity index (χ2v) is 6.37. The lowest BCUT2D eigenvalue weighted by molar-refractivity contribution is 0.205. The monoisotopic (exact) mass is 277 g/mol. The van der Waals surface area contributed by atoms with Crippen molar-refractivity contribution in [3.63, 3.8) is 0 Å². The lowest BCUT2D eigenvalue weighted by Crippen LogP contribution is -2.22. The van der Waals surface area contributed by atoms with E-state index in [1.807, 2.05) is 0 Å². The van der Waals surface area contributed by atoms with Gasteiger partial charge in [-0.3, -0.25) is 0 Å². The molecule has 0 aliphatic heterocycles. The second kappa shape index (κ2) is 8.31. The molecule has 0 radical (unpaired) electrons. The summed E-state index contributed by atoms with van der Waals surface area (Å²) in [6, 6.07) is 4.36. The van der Waals surface area contributed by atoms with Gasteiger partial charge in [0.2, 0.25) is 0 Å². The fraction of sp³-hybridized carbons (Fsp3) is 0.667. The third-order valence-corrected chi connectivity index (χ3v) is 3.61. The van der Waals surface area contributed by atoms with Gasteiger partial charge in [-0.2, -0.15) is 0 Å². The molecule has 1 aromatic carbocycles. The molecule has 1 unspecified atom stereocenters. The molecule has 0 bridgehead atoms. The summed E-state index contributed by atoms with van der Waals surface area (Å²) in [5, 5.41) is 3.48. The molecule has 1 N–H and O–H groups in total. The lowest BCUT2D eigenvalue weighted by atomic mass is 10.1. The molecule has 0 aromatic heterocycles. The molecule has 1 atom stereocenters. The molecule has 0 fully saturated rings. The van der Waals surface area contributed by atoms with Crippen LogP contribution in [0.1, 0.15) is 50.3 Å². The Labute approximate surface area is 124 Å². The van der Waals surface area contributed by atoms with Crippen molar-refractivity contribution in [2.24, 2.45) is 5.92 Å². The maximum Gasteiger partial charge on any atom is 0.123 e. The van der Waals surface area contributed by atoms with Gasteiger partial charge in [0, 0.05) is 0 Å². The van der Waals surface area contributed by atoms with E-state index < -0.39 is 0 Å². The lowest BCUT2D eigenvalue weighted by Gasteiger charge is -2.18. The summed E-state index contributed by atoms with van der Waals surface area (Å²) in [5.41, 5.74) is 3.85. The van der Waals surface area contributed by atoms with E-state index in [1.54, 1.807) is 0 Å². The number of benzene rings is 1. The van der Waals surface area contributed by atoms with Gasteiger partial charge < -0.3 is 10.1 Å². The highest BCUT2D eigenvalue weighted by atomic mass is 16.5. The van der Waals surface area contributed by atoms with E-state index >= 15 is 0 Å². The van der Waals surface area contributed by atoms with Crippen LogP contribution in [0.15, 0.2) is 12.1 Å². The number of rotatable bonds is 8. The SMILES string of the molecule is Cc1cc(C)c(C)c(OC(C)CCCNCC(C)C)c1. The van der Waals surface area contributed by atoms with Gasteiger partial charge in [-0.05, 0) is 82.3 Å². The Balaban J connectivity index is 2.37. The summed E-state index contributed by atoms with van der Waals surface area (Å²) in [5.74, 6) is 1.77. The predicted molar refractivity (Wildman–Crippen MR) is 87.7 cm³/mol. The summed E-state index contributed by atoms with van der Waals surface area (Å²) >= 11 is 0. The minimum Gasteiger partial charge on any atom is -0.490 e. The highest BCUT2D eigenvalue weighted by molar-refractivity contribution is 5.42. The van der Waals surface area contributed by atoms with Crippen LogP contribution in [0.2, 0.25) is 0 Å². The van der Waals surface area contributed by atoms with E-state index in [2.05, 4.69) is 59.0 Å². The summed E-state index contributed by atoms with van der Waals surface area (Å²) in [6.07, 6.45) is 2.53. The molecule has 2 nitrogen and oxygen atoms in total. The molecule has 1 rings (SSSR count). The van der Waals surface area contributed by atoms with Crippen LogP contribution < -0.4 is 10.1 Å². The quantitative estimate of drug-likeness (QED) is 0.711. The zero-order valence-electron chi connectivity index (χ0n) is 14.0. The maximum absolute atomic E-state index is 6.11. The largest absolute Gasteiger partial charge is 0.490 e. The summed E-state index contributed by atoms with van der Waals surface area (Å²) < 4.78 is 6.11. The van der Waals surface area contributed by atoms with Crippen molar-refractivity contribution in [2.75, 3.05) is 13.1 Å². The molecule has 0 aliphatic carbocycles. The Morgan fingerprint density at radius 3 is 2.45 bits per heavy atom. The average molecular weight is 277 g/mol. The highest BCUT2D eigenvalue weighted by Crippen LogP contribution is 2.24. The van der Waals surface area contributed by atoms with Gasteiger partial charge in [-0.15, -0.1) is 0 Å². The molecular weight excluding hydrogens is 246 g/mol. The summed E-state index contributed by atoms with van der Waals surface area (Å²) in [7, 11) is 0. The first-order chi connectivity index (χ1) is 9.40. The van der Waals surface area contributed by atoms with Crippen LogP contribution in [-0.4, -0.2) is 19.2 Å². The van der Waals surface area contributed by atoms with E-state index in [0.29, 0.717) is 0 Å². The molecule has 2 heteroatoms. The number of nitrogens with one attached hydrogen (secondary N) is 1. The first-order valence-corrected chi connectivity index (χ1v) is 7.85. The molecule has 0 saturated heterocycles. The Bertz CT molecular complexity index is 412. The van der Waals surface area contributed by atoms with Crippen LogP contribution in [0.5, 0.6) is 5.75 Å². The van der Waals surface area contributed by atoms with Crippen LogP contribution in [0.4, 0.5) is 0 Å². The van der Waals surface area contributed by atoms with Crippen LogP contribution in [0.25, 0.3) is 0 Å². The Kier molecular flexibility index (Phi) is 7.08. The molecule has 0 saturated carbocycles. The third kappa shape index (κ3) is 5.96. The summed E-state index contributed by atoms with van der Waals surface area (Å²) in [4.78, 5) is 0. The fourth-order valence-corrected chi connectivity index (χ4v) is 2.30. The van der Waals surface area contributed by atoms with E-state index in [4.69, 9.17) is 4.74 Å². The standard InChI is InChI=1S/C18H31NO/c1-13(2)12-19-9-7-8-16(5)20-18-11-14(3)10-15(4)17(18)6/h10-11,13,16,19H,7-9,12H2,1-6H3. The van der Waals surface area contributed by atoms with Gasteiger partial charge in [-0.25, -0.2) is 0 Å². The van der Waals surface area contributed by atoms with Gasteiger partial charge in [0.25, 0.3) is 0 Å². The smallest absolute Gasteiger partial charge is 0.123 e.